The first-order valence-electron chi connectivity index (χ1n) is 2.74. The number of carbonyl (C=O) groups is 2. The van der Waals surface area contributed by atoms with Gasteiger partial charge in [-0.1, -0.05) is 6.92 Å². The number of carboxylic acids is 1. The number of carboxylic acid groups (broad SMARTS) is 2. The maximum atomic E-state index is 10.1. The fourth-order valence-corrected chi connectivity index (χ4v) is 0.454. The lowest BCUT2D eigenvalue weighted by Gasteiger charge is -2.04. The molecule has 0 rings (SSSR count). The molecule has 0 bridgehead atoms. The molecule has 0 aromatic heterocycles. The standard InChI is InChI=1S/C5H8NO4/c1-2-3(4(7)8)6-5(9)10/h3H,2H2,1H3,(H,7,8)(H,9,10)/t3-/m0/s1. The van der Waals surface area contributed by atoms with Crippen molar-refractivity contribution in [3.05, 3.63) is 0 Å². The first-order chi connectivity index (χ1) is 4.57. The van der Waals surface area contributed by atoms with Crippen LogP contribution in [0.25, 0.3) is 0 Å². The van der Waals surface area contributed by atoms with E-state index >= 15 is 0 Å². The van der Waals surface area contributed by atoms with Crippen LogP contribution in [0, 0.1) is 0 Å². The maximum absolute atomic E-state index is 10.1. The molecule has 10 heavy (non-hydrogen) atoms. The van der Waals surface area contributed by atoms with Crippen LogP contribution >= 0.6 is 0 Å². The van der Waals surface area contributed by atoms with E-state index in [9.17, 15) is 9.59 Å². The average molecular weight is 146 g/mol. The molecule has 0 saturated heterocycles. The quantitative estimate of drug-likeness (QED) is 0.592. The highest BCUT2D eigenvalue weighted by atomic mass is 16.4. The Balaban J connectivity index is 3.83. The highest BCUT2D eigenvalue weighted by Crippen LogP contribution is 1.91. The zero-order valence-corrected chi connectivity index (χ0v) is 5.44. The minimum atomic E-state index is -1.44. The van der Waals surface area contributed by atoms with Gasteiger partial charge in [0.2, 0.25) is 0 Å². The van der Waals surface area contributed by atoms with Crippen LogP contribution in [0.2, 0.25) is 0 Å². The van der Waals surface area contributed by atoms with Crippen molar-refractivity contribution >= 4 is 12.1 Å². The van der Waals surface area contributed by atoms with Crippen LogP contribution in [0.3, 0.4) is 0 Å². The summed E-state index contributed by atoms with van der Waals surface area (Å²) in [5, 5.41) is 19.2. The molecule has 1 radical (unpaired) electrons. The maximum Gasteiger partial charge on any atom is 0.427 e. The van der Waals surface area contributed by atoms with E-state index in [0.717, 1.165) is 0 Å². The monoisotopic (exact) mass is 146 g/mol. The van der Waals surface area contributed by atoms with Crippen LogP contribution in [-0.4, -0.2) is 28.3 Å². The molecule has 2 N–H and O–H groups in total. The molecule has 5 heteroatoms. The van der Waals surface area contributed by atoms with Gasteiger partial charge < -0.3 is 10.2 Å². The summed E-state index contributed by atoms with van der Waals surface area (Å²) in [5.74, 6) is -1.20. The predicted octanol–water partition coefficient (Wildman–Crippen LogP) is 0.132. The van der Waals surface area contributed by atoms with E-state index in [1.807, 2.05) is 0 Å². The molecule has 57 valence electrons. The van der Waals surface area contributed by atoms with E-state index in [1.165, 1.54) is 0 Å². The molecular weight excluding hydrogens is 138 g/mol. The van der Waals surface area contributed by atoms with E-state index in [-0.39, 0.29) is 6.42 Å². The van der Waals surface area contributed by atoms with Gasteiger partial charge in [0.05, 0.1) is 0 Å². The molecule has 0 unspecified atom stereocenters. The Morgan fingerprint density at radius 3 is 2.10 bits per heavy atom. The van der Waals surface area contributed by atoms with Crippen molar-refractivity contribution in [2.75, 3.05) is 0 Å². The Morgan fingerprint density at radius 2 is 2.00 bits per heavy atom. The Bertz CT molecular complexity index is 145. The highest BCUT2D eigenvalue weighted by molar-refractivity contribution is 5.78. The SMILES string of the molecule is CC[C@H]([N]C(=O)O)C(=O)O. The number of aliphatic carboxylic acids is 1. The van der Waals surface area contributed by atoms with Crippen molar-refractivity contribution in [2.45, 2.75) is 19.4 Å². The van der Waals surface area contributed by atoms with Crippen LogP contribution in [0.5, 0.6) is 0 Å². The van der Waals surface area contributed by atoms with Crippen LogP contribution in [-0.2, 0) is 4.79 Å². The second-order valence-corrected chi connectivity index (χ2v) is 1.67. The minimum Gasteiger partial charge on any atom is -0.480 e. The number of hydrogen-bond acceptors (Lipinski definition) is 2. The molecule has 0 heterocycles. The third-order valence-electron chi connectivity index (χ3n) is 0.938. The fourth-order valence-electron chi connectivity index (χ4n) is 0.454. The fraction of sp³-hybridized carbons (Fsp3) is 0.600. The number of nitrogens with zero attached hydrogens (tertiary/aromatic N) is 1. The molecule has 0 aliphatic carbocycles. The molecule has 0 aliphatic rings. The summed E-state index contributed by atoms with van der Waals surface area (Å²) in [6, 6.07) is -1.11. The normalized spacial score (nSPS) is 12.1. The predicted molar refractivity (Wildman–Crippen MR) is 31.9 cm³/mol. The molecule has 0 aromatic rings. The van der Waals surface area contributed by atoms with Gasteiger partial charge in [-0.2, -0.15) is 5.32 Å². The van der Waals surface area contributed by atoms with E-state index in [2.05, 4.69) is 5.32 Å². The van der Waals surface area contributed by atoms with Gasteiger partial charge in [0.25, 0.3) is 0 Å². The molecule has 0 fully saturated rings. The lowest BCUT2D eigenvalue weighted by Crippen LogP contribution is -2.33. The third-order valence-corrected chi connectivity index (χ3v) is 0.938. The van der Waals surface area contributed by atoms with Crippen molar-refractivity contribution in [2.24, 2.45) is 0 Å². The summed E-state index contributed by atoms with van der Waals surface area (Å²) in [6.07, 6.45) is -1.24. The number of rotatable bonds is 3. The molecule has 5 nitrogen and oxygen atoms in total. The van der Waals surface area contributed by atoms with Gasteiger partial charge >= 0.3 is 12.1 Å². The molecule has 0 aromatic carbocycles. The van der Waals surface area contributed by atoms with Crippen molar-refractivity contribution < 1.29 is 19.8 Å². The van der Waals surface area contributed by atoms with Crippen molar-refractivity contribution in [3.63, 3.8) is 0 Å². The van der Waals surface area contributed by atoms with E-state index < -0.39 is 18.1 Å². The molecular formula is C5H8NO4. The lowest BCUT2D eigenvalue weighted by atomic mass is 10.2. The molecule has 0 aliphatic heterocycles. The zero-order valence-electron chi connectivity index (χ0n) is 5.44. The molecule has 1 amide bonds. The summed E-state index contributed by atoms with van der Waals surface area (Å²) in [4.78, 5) is 20.0. The highest BCUT2D eigenvalue weighted by Gasteiger charge is 2.18. The van der Waals surface area contributed by atoms with E-state index in [1.54, 1.807) is 6.92 Å². The van der Waals surface area contributed by atoms with Crippen molar-refractivity contribution in [3.8, 4) is 0 Å². The van der Waals surface area contributed by atoms with Gasteiger partial charge in [-0.05, 0) is 6.42 Å². The minimum absolute atomic E-state index is 0.196. The summed E-state index contributed by atoms with van der Waals surface area (Å²) >= 11 is 0. The van der Waals surface area contributed by atoms with Crippen LogP contribution in [0.4, 0.5) is 4.79 Å². The van der Waals surface area contributed by atoms with Crippen molar-refractivity contribution in [1.82, 2.24) is 5.32 Å². The zero-order chi connectivity index (χ0) is 8.15. The number of amides is 1. The van der Waals surface area contributed by atoms with E-state index in [0.29, 0.717) is 0 Å². The van der Waals surface area contributed by atoms with E-state index in [4.69, 9.17) is 10.2 Å². The second-order valence-electron chi connectivity index (χ2n) is 1.67. The van der Waals surface area contributed by atoms with Gasteiger partial charge in [0.1, 0.15) is 0 Å². The van der Waals surface area contributed by atoms with Gasteiger partial charge in [-0.3, -0.25) is 0 Å². The largest absolute Gasteiger partial charge is 0.480 e. The third kappa shape index (κ3) is 2.91. The summed E-state index contributed by atoms with van der Waals surface area (Å²) in [6.45, 7) is 1.56. The molecule has 0 spiro atoms. The first kappa shape index (κ1) is 8.74. The Hall–Kier alpha value is -1.26. The Kier molecular flexibility index (Phi) is 3.24. The van der Waals surface area contributed by atoms with Gasteiger partial charge in [-0.15, -0.1) is 0 Å². The summed E-state index contributed by atoms with van der Waals surface area (Å²) in [5.41, 5.74) is 0. The smallest absolute Gasteiger partial charge is 0.427 e. The van der Waals surface area contributed by atoms with Crippen LogP contribution < -0.4 is 5.32 Å². The summed E-state index contributed by atoms with van der Waals surface area (Å²) in [7, 11) is 0. The lowest BCUT2D eigenvalue weighted by molar-refractivity contribution is -0.139. The first-order valence-corrected chi connectivity index (χ1v) is 2.74. The molecule has 1 atom stereocenters. The van der Waals surface area contributed by atoms with Crippen LogP contribution in [0.1, 0.15) is 13.3 Å². The number of hydrogen-bond donors (Lipinski definition) is 2. The van der Waals surface area contributed by atoms with Gasteiger partial charge in [0, 0.05) is 0 Å². The summed E-state index contributed by atoms with van der Waals surface area (Å²) < 4.78 is 0. The second kappa shape index (κ2) is 3.71. The Labute approximate surface area is 57.7 Å². The van der Waals surface area contributed by atoms with Crippen LogP contribution in [0.15, 0.2) is 0 Å². The van der Waals surface area contributed by atoms with Gasteiger partial charge in [0.15, 0.2) is 6.04 Å². The molecule has 0 saturated carbocycles. The van der Waals surface area contributed by atoms with Gasteiger partial charge in [-0.25, -0.2) is 9.59 Å². The topological polar surface area (TPSA) is 88.7 Å². The Morgan fingerprint density at radius 1 is 1.50 bits per heavy atom. The average Bonchev–Trinajstić information content (AvgIpc) is 1.81. The van der Waals surface area contributed by atoms with Crippen molar-refractivity contribution in [1.29, 1.82) is 0 Å².